The normalized spacial score (nSPS) is 15.4. The van der Waals surface area contributed by atoms with Crippen molar-refractivity contribution in [2.45, 2.75) is 45.3 Å². The third kappa shape index (κ3) is 6.83. The molecule has 0 saturated carbocycles. The molecule has 3 rings (SSSR count). The maximum Gasteiger partial charge on any atom is 0.416 e. The van der Waals surface area contributed by atoms with Crippen LogP contribution in [-0.2, 0) is 11.0 Å². The highest BCUT2D eigenvalue weighted by molar-refractivity contribution is 5.98. The van der Waals surface area contributed by atoms with Crippen LogP contribution in [0.4, 0.5) is 13.2 Å². The molecule has 1 fully saturated rings. The molecule has 0 spiro atoms. The van der Waals surface area contributed by atoms with Crippen molar-refractivity contribution in [3.8, 4) is 0 Å². The predicted octanol–water partition coefficient (Wildman–Crippen LogP) is 4.19. The third-order valence-corrected chi connectivity index (χ3v) is 6.16. The minimum atomic E-state index is -4.46. The molecule has 1 aliphatic rings. The summed E-state index contributed by atoms with van der Waals surface area (Å²) < 4.78 is 38.4. The smallest absolute Gasteiger partial charge is 0.354 e. The molecule has 2 aromatic carbocycles. The average molecular weight is 490 g/mol. The monoisotopic (exact) mass is 489 g/mol. The second-order valence-corrected chi connectivity index (χ2v) is 8.82. The summed E-state index contributed by atoms with van der Waals surface area (Å²) in [6, 6.07) is 10.5. The summed E-state index contributed by atoms with van der Waals surface area (Å²) in [7, 11) is 0. The molecule has 1 aliphatic heterocycles. The minimum absolute atomic E-state index is 0.182. The van der Waals surface area contributed by atoms with Crippen LogP contribution in [0, 0.1) is 12.8 Å². The van der Waals surface area contributed by atoms with Crippen LogP contribution >= 0.6 is 0 Å². The van der Waals surface area contributed by atoms with Crippen molar-refractivity contribution >= 4 is 17.7 Å². The van der Waals surface area contributed by atoms with E-state index in [-0.39, 0.29) is 29.2 Å². The van der Waals surface area contributed by atoms with E-state index in [0.717, 1.165) is 24.1 Å². The van der Waals surface area contributed by atoms with Crippen molar-refractivity contribution in [3.05, 3.63) is 70.8 Å². The molecule has 188 valence electrons. The Kier molecular flexibility index (Phi) is 8.53. The van der Waals surface area contributed by atoms with Crippen LogP contribution < -0.4 is 10.6 Å². The van der Waals surface area contributed by atoms with E-state index in [1.807, 2.05) is 19.9 Å². The van der Waals surface area contributed by atoms with Crippen molar-refractivity contribution in [2.24, 2.45) is 5.92 Å². The first-order valence-corrected chi connectivity index (χ1v) is 11.7. The van der Waals surface area contributed by atoms with E-state index in [0.29, 0.717) is 38.0 Å². The Morgan fingerprint density at radius 1 is 1.03 bits per heavy atom. The van der Waals surface area contributed by atoms with Crippen molar-refractivity contribution in [2.75, 3.05) is 19.6 Å². The Morgan fingerprint density at radius 3 is 2.26 bits per heavy atom. The van der Waals surface area contributed by atoms with Gasteiger partial charge in [-0.25, -0.2) is 0 Å². The summed E-state index contributed by atoms with van der Waals surface area (Å²) in [4.78, 5) is 40.1. The zero-order valence-corrected chi connectivity index (χ0v) is 19.8. The quantitative estimate of drug-likeness (QED) is 0.612. The number of likely N-dealkylation sites (tertiary alicyclic amines) is 1. The molecule has 0 aliphatic carbocycles. The summed E-state index contributed by atoms with van der Waals surface area (Å²) in [5.74, 6) is -1.14. The van der Waals surface area contributed by atoms with Crippen LogP contribution in [0.25, 0.3) is 0 Å². The number of hydrogen-bond acceptors (Lipinski definition) is 3. The molecule has 0 radical (unpaired) electrons. The van der Waals surface area contributed by atoms with Crippen LogP contribution in [0.3, 0.4) is 0 Å². The second-order valence-electron chi connectivity index (χ2n) is 8.82. The molecule has 1 atom stereocenters. The van der Waals surface area contributed by atoms with Gasteiger partial charge in [0.05, 0.1) is 5.56 Å². The number of nitrogens with one attached hydrogen (secondary N) is 2. The molecule has 2 N–H and O–H groups in total. The van der Waals surface area contributed by atoms with E-state index in [1.165, 1.54) is 12.1 Å². The largest absolute Gasteiger partial charge is 0.416 e. The van der Waals surface area contributed by atoms with Gasteiger partial charge in [-0.3, -0.25) is 14.4 Å². The zero-order valence-electron chi connectivity index (χ0n) is 19.8. The lowest BCUT2D eigenvalue weighted by molar-refractivity contribution is -0.137. The summed E-state index contributed by atoms with van der Waals surface area (Å²) in [5, 5.41) is 5.72. The fourth-order valence-electron chi connectivity index (χ4n) is 4.19. The fourth-order valence-corrected chi connectivity index (χ4v) is 4.19. The minimum Gasteiger partial charge on any atom is -0.354 e. The van der Waals surface area contributed by atoms with Crippen molar-refractivity contribution < 1.29 is 27.6 Å². The standard InChI is InChI=1S/C26H30F3N3O3/c1-3-13-30-24(34)22(31-23(33)20-6-4-5-17(2)16-20)18-11-14-32(15-12-18)25(35)19-7-9-21(10-8-19)26(27,28)29/h4-10,16,18,22H,3,11-15H2,1-2H3,(H,30,34)(H,31,33)/t22-/m0/s1. The molecule has 9 heteroatoms. The molecule has 6 nitrogen and oxygen atoms in total. The molecule has 1 saturated heterocycles. The first kappa shape index (κ1) is 26.2. The highest BCUT2D eigenvalue weighted by Gasteiger charge is 2.35. The number of aryl methyl sites for hydroxylation is 1. The van der Waals surface area contributed by atoms with Gasteiger partial charge in [-0.2, -0.15) is 13.2 Å². The Labute approximate surface area is 202 Å². The number of alkyl halides is 3. The number of rotatable bonds is 7. The Hall–Kier alpha value is -3.36. The SMILES string of the molecule is CCCNC(=O)[C@@H](NC(=O)c1cccc(C)c1)C1CCN(C(=O)c2ccc(C(F)(F)F)cc2)CC1. The van der Waals surface area contributed by atoms with Crippen LogP contribution in [-0.4, -0.2) is 48.3 Å². The fraction of sp³-hybridized carbons (Fsp3) is 0.423. The summed E-state index contributed by atoms with van der Waals surface area (Å²) in [6.45, 7) is 4.98. The lowest BCUT2D eigenvalue weighted by Gasteiger charge is -2.36. The van der Waals surface area contributed by atoms with Gasteiger partial charge in [-0.15, -0.1) is 0 Å². The van der Waals surface area contributed by atoms with Gasteiger partial charge >= 0.3 is 6.18 Å². The van der Waals surface area contributed by atoms with E-state index in [9.17, 15) is 27.6 Å². The van der Waals surface area contributed by atoms with Gasteiger partial charge in [-0.05, 0) is 68.5 Å². The van der Waals surface area contributed by atoms with Gasteiger partial charge in [0.25, 0.3) is 11.8 Å². The molecular weight excluding hydrogens is 459 g/mol. The average Bonchev–Trinajstić information content (AvgIpc) is 2.85. The molecule has 0 bridgehead atoms. The molecule has 0 aromatic heterocycles. The molecular formula is C26H30F3N3O3. The van der Waals surface area contributed by atoms with Gasteiger partial charge in [-0.1, -0.05) is 24.6 Å². The number of halogens is 3. The maximum atomic E-state index is 12.9. The number of nitrogens with zero attached hydrogens (tertiary/aromatic N) is 1. The summed E-state index contributed by atoms with van der Waals surface area (Å²) >= 11 is 0. The molecule has 3 amide bonds. The third-order valence-electron chi connectivity index (χ3n) is 6.16. The van der Waals surface area contributed by atoms with E-state index in [2.05, 4.69) is 10.6 Å². The van der Waals surface area contributed by atoms with E-state index in [4.69, 9.17) is 0 Å². The Balaban J connectivity index is 1.67. The van der Waals surface area contributed by atoms with Crippen molar-refractivity contribution in [1.29, 1.82) is 0 Å². The highest BCUT2D eigenvalue weighted by Crippen LogP contribution is 2.29. The zero-order chi connectivity index (χ0) is 25.6. The topological polar surface area (TPSA) is 78.5 Å². The van der Waals surface area contributed by atoms with E-state index < -0.39 is 17.8 Å². The number of benzene rings is 2. The van der Waals surface area contributed by atoms with Crippen molar-refractivity contribution in [1.82, 2.24) is 15.5 Å². The number of amides is 3. The highest BCUT2D eigenvalue weighted by atomic mass is 19.4. The first-order valence-electron chi connectivity index (χ1n) is 11.7. The molecule has 35 heavy (non-hydrogen) atoms. The van der Waals surface area contributed by atoms with Crippen LogP contribution in [0.5, 0.6) is 0 Å². The Morgan fingerprint density at radius 2 is 1.69 bits per heavy atom. The van der Waals surface area contributed by atoms with Gasteiger partial charge in [0.2, 0.25) is 5.91 Å². The van der Waals surface area contributed by atoms with Gasteiger partial charge < -0.3 is 15.5 Å². The summed E-state index contributed by atoms with van der Waals surface area (Å²) in [5.41, 5.74) is 0.771. The Bertz CT molecular complexity index is 1050. The maximum absolute atomic E-state index is 12.9. The number of piperidine rings is 1. The van der Waals surface area contributed by atoms with Crippen LogP contribution in [0.2, 0.25) is 0 Å². The molecule has 1 heterocycles. The predicted molar refractivity (Wildman–Crippen MR) is 126 cm³/mol. The second kappa shape index (κ2) is 11.4. The number of carbonyl (C=O) groups is 3. The lowest BCUT2D eigenvalue weighted by Crippen LogP contribution is -2.54. The van der Waals surface area contributed by atoms with E-state index in [1.54, 1.807) is 23.1 Å². The van der Waals surface area contributed by atoms with Gasteiger partial charge in [0.1, 0.15) is 6.04 Å². The van der Waals surface area contributed by atoms with Gasteiger partial charge in [0, 0.05) is 30.8 Å². The van der Waals surface area contributed by atoms with Crippen LogP contribution in [0.1, 0.15) is 58.0 Å². The summed E-state index contributed by atoms with van der Waals surface area (Å²) in [6.07, 6.45) is -2.75. The number of carbonyl (C=O) groups excluding carboxylic acids is 3. The lowest BCUT2D eigenvalue weighted by atomic mass is 9.88. The van der Waals surface area contributed by atoms with Crippen LogP contribution in [0.15, 0.2) is 48.5 Å². The first-order chi connectivity index (χ1) is 16.6. The molecule has 0 unspecified atom stereocenters. The molecule has 2 aromatic rings. The van der Waals surface area contributed by atoms with Crippen molar-refractivity contribution in [3.63, 3.8) is 0 Å². The number of hydrogen-bond donors (Lipinski definition) is 2. The van der Waals surface area contributed by atoms with Gasteiger partial charge in [0.15, 0.2) is 0 Å². The van der Waals surface area contributed by atoms with E-state index >= 15 is 0 Å².